The largest absolute Gasteiger partial charge is 0.330 e. The van der Waals surface area contributed by atoms with Crippen LogP contribution < -0.4 is 5.73 Å². The predicted molar refractivity (Wildman–Crippen MR) is 57.7 cm³/mol. The van der Waals surface area contributed by atoms with Crippen molar-refractivity contribution in [3.63, 3.8) is 0 Å². The molecule has 0 radical (unpaired) electrons. The first kappa shape index (κ1) is 10.0. The molecule has 1 rings (SSSR count). The van der Waals surface area contributed by atoms with E-state index in [1.165, 1.54) is 5.56 Å². The van der Waals surface area contributed by atoms with Crippen LogP contribution in [0.4, 0.5) is 0 Å². The van der Waals surface area contributed by atoms with Crippen LogP contribution in [0.25, 0.3) is 0 Å². The number of rotatable bonds is 5. The van der Waals surface area contributed by atoms with E-state index in [-0.39, 0.29) is 0 Å². The van der Waals surface area contributed by atoms with Gasteiger partial charge in [0.15, 0.2) is 0 Å². The minimum Gasteiger partial charge on any atom is -0.330 e. The van der Waals surface area contributed by atoms with Gasteiger partial charge in [-0.05, 0) is 30.9 Å². The number of benzene rings is 1. The highest BCUT2D eigenvalue weighted by Gasteiger charge is 2.06. The zero-order chi connectivity index (χ0) is 9.52. The summed E-state index contributed by atoms with van der Waals surface area (Å²) in [5.41, 5.74) is 7.05. The van der Waals surface area contributed by atoms with Crippen LogP contribution in [0.1, 0.15) is 24.3 Å². The SMILES string of the molecule is C=CCCC(CN)c1ccccc1. The van der Waals surface area contributed by atoms with Crippen LogP contribution in [-0.2, 0) is 0 Å². The Kier molecular flexibility index (Phi) is 4.27. The van der Waals surface area contributed by atoms with Gasteiger partial charge in [-0.2, -0.15) is 0 Å². The van der Waals surface area contributed by atoms with E-state index >= 15 is 0 Å². The molecule has 0 heterocycles. The topological polar surface area (TPSA) is 26.0 Å². The fraction of sp³-hybridized carbons (Fsp3) is 0.333. The molecule has 13 heavy (non-hydrogen) atoms. The van der Waals surface area contributed by atoms with E-state index in [1.807, 2.05) is 12.1 Å². The molecule has 0 saturated carbocycles. The minimum absolute atomic E-state index is 0.485. The highest BCUT2D eigenvalue weighted by Crippen LogP contribution is 2.19. The van der Waals surface area contributed by atoms with Crippen molar-refractivity contribution < 1.29 is 0 Å². The predicted octanol–water partition coefficient (Wildman–Crippen LogP) is 2.70. The van der Waals surface area contributed by atoms with Gasteiger partial charge >= 0.3 is 0 Å². The lowest BCUT2D eigenvalue weighted by Crippen LogP contribution is -2.12. The Bertz CT molecular complexity index is 241. The molecule has 0 aliphatic carbocycles. The third kappa shape index (κ3) is 3.03. The van der Waals surface area contributed by atoms with Crippen molar-refractivity contribution in [3.05, 3.63) is 48.6 Å². The summed E-state index contributed by atoms with van der Waals surface area (Å²) in [7, 11) is 0. The van der Waals surface area contributed by atoms with E-state index in [2.05, 4.69) is 30.8 Å². The first-order chi connectivity index (χ1) is 6.38. The highest BCUT2D eigenvalue weighted by atomic mass is 14.5. The van der Waals surface area contributed by atoms with Crippen LogP contribution in [0.15, 0.2) is 43.0 Å². The van der Waals surface area contributed by atoms with Crippen molar-refractivity contribution in [1.82, 2.24) is 0 Å². The van der Waals surface area contributed by atoms with Gasteiger partial charge in [0.05, 0.1) is 0 Å². The molecule has 0 aliphatic rings. The summed E-state index contributed by atoms with van der Waals surface area (Å²) in [6, 6.07) is 10.4. The molecule has 0 fully saturated rings. The summed E-state index contributed by atoms with van der Waals surface area (Å²) in [5.74, 6) is 0.485. The first-order valence-electron chi connectivity index (χ1n) is 4.74. The lowest BCUT2D eigenvalue weighted by molar-refractivity contribution is 0.642. The van der Waals surface area contributed by atoms with Gasteiger partial charge in [0.1, 0.15) is 0 Å². The van der Waals surface area contributed by atoms with Gasteiger partial charge in [0.2, 0.25) is 0 Å². The molecule has 0 spiro atoms. The second-order valence-corrected chi connectivity index (χ2v) is 3.21. The van der Waals surface area contributed by atoms with Crippen LogP contribution in [0.3, 0.4) is 0 Å². The fourth-order valence-electron chi connectivity index (χ4n) is 1.46. The Morgan fingerprint density at radius 1 is 1.31 bits per heavy atom. The summed E-state index contributed by atoms with van der Waals surface area (Å²) >= 11 is 0. The summed E-state index contributed by atoms with van der Waals surface area (Å²) < 4.78 is 0. The molecule has 0 bridgehead atoms. The normalized spacial score (nSPS) is 12.4. The first-order valence-corrected chi connectivity index (χ1v) is 4.74. The van der Waals surface area contributed by atoms with Crippen LogP contribution in [-0.4, -0.2) is 6.54 Å². The van der Waals surface area contributed by atoms with Crippen LogP contribution in [0.2, 0.25) is 0 Å². The standard InChI is InChI=1S/C12H17N/c1-2-3-7-12(10-13)11-8-5-4-6-9-11/h2,4-6,8-9,12H,1,3,7,10,13H2. The molecule has 1 heteroatoms. The van der Waals surface area contributed by atoms with Crippen molar-refractivity contribution >= 4 is 0 Å². The monoisotopic (exact) mass is 175 g/mol. The molecule has 1 aromatic carbocycles. The second kappa shape index (κ2) is 5.55. The van der Waals surface area contributed by atoms with Crippen molar-refractivity contribution in [2.45, 2.75) is 18.8 Å². The Balaban J connectivity index is 2.61. The molecule has 70 valence electrons. The average Bonchev–Trinajstić information content (AvgIpc) is 2.21. The quantitative estimate of drug-likeness (QED) is 0.684. The summed E-state index contributed by atoms with van der Waals surface area (Å²) in [6.45, 7) is 4.44. The Labute approximate surface area is 80.3 Å². The smallest absolute Gasteiger partial charge is 0.000813 e. The van der Waals surface area contributed by atoms with E-state index in [0.29, 0.717) is 5.92 Å². The van der Waals surface area contributed by atoms with Gasteiger partial charge < -0.3 is 5.73 Å². The van der Waals surface area contributed by atoms with Gasteiger partial charge in [-0.1, -0.05) is 36.4 Å². The molecule has 1 aromatic rings. The maximum Gasteiger partial charge on any atom is -0.000813 e. The maximum atomic E-state index is 5.71. The van der Waals surface area contributed by atoms with Crippen molar-refractivity contribution in [2.75, 3.05) is 6.54 Å². The zero-order valence-electron chi connectivity index (χ0n) is 7.95. The van der Waals surface area contributed by atoms with Crippen LogP contribution in [0, 0.1) is 0 Å². The second-order valence-electron chi connectivity index (χ2n) is 3.21. The van der Waals surface area contributed by atoms with E-state index in [1.54, 1.807) is 0 Å². The molecule has 0 aromatic heterocycles. The molecule has 1 nitrogen and oxygen atoms in total. The van der Waals surface area contributed by atoms with Crippen molar-refractivity contribution in [3.8, 4) is 0 Å². The van der Waals surface area contributed by atoms with E-state index in [0.717, 1.165) is 19.4 Å². The summed E-state index contributed by atoms with van der Waals surface area (Å²) in [6.07, 6.45) is 4.09. The number of hydrogen-bond donors (Lipinski definition) is 1. The molecule has 1 unspecified atom stereocenters. The molecule has 0 amide bonds. The number of allylic oxidation sites excluding steroid dienone is 1. The van der Waals surface area contributed by atoms with E-state index < -0.39 is 0 Å². The third-order valence-electron chi connectivity index (χ3n) is 2.27. The molecule has 0 aliphatic heterocycles. The lowest BCUT2D eigenvalue weighted by Gasteiger charge is -2.13. The van der Waals surface area contributed by atoms with Crippen molar-refractivity contribution in [1.29, 1.82) is 0 Å². The van der Waals surface area contributed by atoms with Crippen LogP contribution >= 0.6 is 0 Å². The summed E-state index contributed by atoms with van der Waals surface area (Å²) in [4.78, 5) is 0. The minimum atomic E-state index is 0.485. The van der Waals surface area contributed by atoms with Gasteiger partial charge in [-0.3, -0.25) is 0 Å². The Morgan fingerprint density at radius 3 is 2.54 bits per heavy atom. The molecular formula is C12H17N. The fourth-order valence-corrected chi connectivity index (χ4v) is 1.46. The molecule has 0 saturated heterocycles. The Morgan fingerprint density at radius 2 is 2.00 bits per heavy atom. The molecule has 2 N–H and O–H groups in total. The number of hydrogen-bond acceptors (Lipinski definition) is 1. The van der Waals surface area contributed by atoms with E-state index in [4.69, 9.17) is 5.73 Å². The van der Waals surface area contributed by atoms with E-state index in [9.17, 15) is 0 Å². The average molecular weight is 175 g/mol. The highest BCUT2D eigenvalue weighted by molar-refractivity contribution is 5.19. The molecular weight excluding hydrogens is 158 g/mol. The summed E-state index contributed by atoms with van der Waals surface area (Å²) in [5, 5.41) is 0. The molecule has 1 atom stereocenters. The van der Waals surface area contributed by atoms with Gasteiger partial charge in [0.25, 0.3) is 0 Å². The van der Waals surface area contributed by atoms with Crippen molar-refractivity contribution in [2.24, 2.45) is 5.73 Å². The van der Waals surface area contributed by atoms with Gasteiger partial charge in [0, 0.05) is 0 Å². The van der Waals surface area contributed by atoms with Crippen LogP contribution in [0.5, 0.6) is 0 Å². The lowest BCUT2D eigenvalue weighted by atomic mass is 9.94. The third-order valence-corrected chi connectivity index (χ3v) is 2.27. The zero-order valence-corrected chi connectivity index (χ0v) is 7.95. The van der Waals surface area contributed by atoms with Gasteiger partial charge in [-0.25, -0.2) is 0 Å². The number of nitrogens with two attached hydrogens (primary N) is 1. The maximum absolute atomic E-state index is 5.71. The van der Waals surface area contributed by atoms with Gasteiger partial charge in [-0.15, -0.1) is 6.58 Å². The Hall–Kier alpha value is -1.08.